The molecule has 0 spiro atoms. The summed E-state index contributed by atoms with van der Waals surface area (Å²) in [7, 11) is 0. The molecule has 1 saturated carbocycles. The quantitative estimate of drug-likeness (QED) is 0.693. The number of nitrogens with zero attached hydrogens (tertiary/aromatic N) is 3. The zero-order valence-electron chi connectivity index (χ0n) is 12.6. The SMILES string of the molecule is O=C(/C=C/c1ccco1)NCc1nc(-c2cc(C3CC3)on2)no1. The highest BCUT2D eigenvalue weighted by atomic mass is 16.5. The van der Waals surface area contributed by atoms with E-state index < -0.39 is 0 Å². The summed E-state index contributed by atoms with van der Waals surface area (Å²) in [4.78, 5) is 15.9. The van der Waals surface area contributed by atoms with Crippen LogP contribution >= 0.6 is 0 Å². The van der Waals surface area contributed by atoms with Crippen molar-refractivity contribution < 1.29 is 18.3 Å². The number of carbonyl (C=O) groups excluding carboxylic acids is 1. The molecule has 0 bridgehead atoms. The molecule has 1 fully saturated rings. The lowest BCUT2D eigenvalue weighted by Crippen LogP contribution is -2.20. The molecular weight excluding hydrogens is 312 g/mol. The van der Waals surface area contributed by atoms with Gasteiger partial charge in [0.05, 0.1) is 12.8 Å². The van der Waals surface area contributed by atoms with Crippen LogP contribution in [-0.2, 0) is 11.3 Å². The van der Waals surface area contributed by atoms with Crippen molar-refractivity contribution in [3.63, 3.8) is 0 Å². The van der Waals surface area contributed by atoms with Crippen LogP contribution in [0.3, 0.4) is 0 Å². The molecule has 8 heteroatoms. The molecule has 122 valence electrons. The first-order valence-corrected chi connectivity index (χ1v) is 7.57. The summed E-state index contributed by atoms with van der Waals surface area (Å²) in [6.07, 6.45) is 6.74. The van der Waals surface area contributed by atoms with Crippen LogP contribution in [0, 0.1) is 0 Å². The molecule has 4 rings (SSSR count). The molecule has 1 amide bonds. The Bertz CT molecular complexity index is 858. The van der Waals surface area contributed by atoms with Gasteiger partial charge in [-0.1, -0.05) is 10.3 Å². The van der Waals surface area contributed by atoms with Gasteiger partial charge in [0.2, 0.25) is 17.6 Å². The Morgan fingerprint density at radius 1 is 1.33 bits per heavy atom. The van der Waals surface area contributed by atoms with E-state index in [-0.39, 0.29) is 12.5 Å². The van der Waals surface area contributed by atoms with Gasteiger partial charge in [-0.15, -0.1) is 0 Å². The average molecular weight is 326 g/mol. The number of carbonyl (C=O) groups is 1. The molecule has 0 unspecified atom stereocenters. The number of amides is 1. The van der Waals surface area contributed by atoms with Gasteiger partial charge in [0.25, 0.3) is 0 Å². The second-order valence-electron chi connectivity index (χ2n) is 5.47. The van der Waals surface area contributed by atoms with E-state index in [1.165, 1.54) is 12.3 Å². The van der Waals surface area contributed by atoms with Crippen LogP contribution in [0.4, 0.5) is 0 Å². The van der Waals surface area contributed by atoms with Gasteiger partial charge in [-0.25, -0.2) is 0 Å². The maximum atomic E-state index is 11.7. The summed E-state index contributed by atoms with van der Waals surface area (Å²) in [5.74, 6) is 2.28. The fourth-order valence-electron chi connectivity index (χ4n) is 2.15. The van der Waals surface area contributed by atoms with Crippen molar-refractivity contribution in [1.82, 2.24) is 20.6 Å². The van der Waals surface area contributed by atoms with Crippen LogP contribution < -0.4 is 5.32 Å². The van der Waals surface area contributed by atoms with Gasteiger partial charge in [0, 0.05) is 18.1 Å². The van der Waals surface area contributed by atoms with E-state index in [2.05, 4.69) is 20.6 Å². The third-order valence-electron chi connectivity index (χ3n) is 3.56. The molecule has 0 aromatic carbocycles. The second-order valence-corrected chi connectivity index (χ2v) is 5.47. The summed E-state index contributed by atoms with van der Waals surface area (Å²) in [6, 6.07) is 5.33. The lowest BCUT2D eigenvalue weighted by Gasteiger charge is -1.95. The number of rotatable bonds is 6. The van der Waals surface area contributed by atoms with Crippen LogP contribution in [0.1, 0.15) is 36.2 Å². The molecule has 3 aromatic heterocycles. The van der Waals surface area contributed by atoms with E-state index in [1.807, 2.05) is 6.07 Å². The molecule has 0 saturated heterocycles. The van der Waals surface area contributed by atoms with Crippen molar-refractivity contribution >= 4 is 12.0 Å². The van der Waals surface area contributed by atoms with Crippen molar-refractivity contribution in [2.24, 2.45) is 0 Å². The van der Waals surface area contributed by atoms with Crippen molar-refractivity contribution in [3.05, 3.63) is 47.9 Å². The largest absolute Gasteiger partial charge is 0.465 e. The van der Waals surface area contributed by atoms with Crippen molar-refractivity contribution in [2.45, 2.75) is 25.3 Å². The molecule has 1 N–H and O–H groups in total. The Morgan fingerprint density at radius 2 is 2.25 bits per heavy atom. The predicted octanol–water partition coefficient (Wildman–Crippen LogP) is 2.52. The molecule has 24 heavy (non-hydrogen) atoms. The van der Waals surface area contributed by atoms with E-state index in [0.29, 0.717) is 29.1 Å². The Kier molecular flexibility index (Phi) is 3.70. The van der Waals surface area contributed by atoms with E-state index in [1.54, 1.807) is 18.2 Å². The minimum absolute atomic E-state index is 0.127. The third kappa shape index (κ3) is 3.27. The Labute approximate surface area is 136 Å². The van der Waals surface area contributed by atoms with Gasteiger partial charge >= 0.3 is 0 Å². The smallest absolute Gasteiger partial charge is 0.246 e. The Balaban J connectivity index is 1.33. The van der Waals surface area contributed by atoms with Gasteiger partial charge in [-0.3, -0.25) is 4.79 Å². The van der Waals surface area contributed by atoms with E-state index in [4.69, 9.17) is 13.5 Å². The van der Waals surface area contributed by atoms with Gasteiger partial charge in [0.15, 0.2) is 5.69 Å². The first-order chi connectivity index (χ1) is 11.8. The number of aromatic nitrogens is 3. The highest BCUT2D eigenvalue weighted by Crippen LogP contribution is 2.40. The Morgan fingerprint density at radius 3 is 3.04 bits per heavy atom. The zero-order chi connectivity index (χ0) is 16.4. The molecule has 1 aliphatic rings. The van der Waals surface area contributed by atoms with Crippen LogP contribution in [0.15, 0.2) is 44.0 Å². The predicted molar refractivity (Wildman–Crippen MR) is 81.4 cm³/mol. The zero-order valence-corrected chi connectivity index (χ0v) is 12.6. The second kappa shape index (κ2) is 6.15. The summed E-state index contributed by atoms with van der Waals surface area (Å²) in [5, 5.41) is 10.4. The van der Waals surface area contributed by atoms with Gasteiger partial charge in [0.1, 0.15) is 11.5 Å². The molecule has 0 radical (unpaired) electrons. The summed E-state index contributed by atoms with van der Waals surface area (Å²) >= 11 is 0. The lowest BCUT2D eigenvalue weighted by molar-refractivity contribution is -0.116. The molecular formula is C16H14N4O4. The monoisotopic (exact) mass is 326 g/mol. The molecule has 3 heterocycles. The number of furan rings is 1. The van der Waals surface area contributed by atoms with Gasteiger partial charge in [-0.2, -0.15) is 4.98 Å². The number of nitrogens with one attached hydrogen (secondary N) is 1. The van der Waals surface area contributed by atoms with Crippen molar-refractivity contribution in [2.75, 3.05) is 0 Å². The van der Waals surface area contributed by atoms with Crippen molar-refractivity contribution in [3.8, 4) is 11.5 Å². The van der Waals surface area contributed by atoms with Crippen LogP contribution in [0.5, 0.6) is 0 Å². The van der Waals surface area contributed by atoms with Crippen LogP contribution in [0.2, 0.25) is 0 Å². The van der Waals surface area contributed by atoms with Crippen LogP contribution in [0.25, 0.3) is 17.6 Å². The normalized spacial score (nSPS) is 14.3. The molecule has 0 aliphatic heterocycles. The molecule has 1 aliphatic carbocycles. The molecule has 8 nitrogen and oxygen atoms in total. The minimum atomic E-state index is -0.288. The minimum Gasteiger partial charge on any atom is -0.465 e. The molecule has 0 atom stereocenters. The van der Waals surface area contributed by atoms with E-state index >= 15 is 0 Å². The maximum absolute atomic E-state index is 11.7. The summed E-state index contributed by atoms with van der Waals surface area (Å²) in [6.45, 7) is 0.127. The third-order valence-corrected chi connectivity index (χ3v) is 3.56. The topological polar surface area (TPSA) is 107 Å². The van der Waals surface area contributed by atoms with E-state index in [0.717, 1.165) is 18.6 Å². The standard InChI is InChI=1S/C16H14N4O4/c21-14(6-5-11-2-1-7-22-11)17-9-15-18-16(20-24-15)12-8-13(23-19-12)10-3-4-10/h1-2,5-8,10H,3-4,9H2,(H,17,21)/b6-5+. The summed E-state index contributed by atoms with van der Waals surface area (Å²) in [5.41, 5.74) is 0.538. The Hall–Kier alpha value is -3.16. The van der Waals surface area contributed by atoms with Gasteiger partial charge < -0.3 is 18.8 Å². The fourth-order valence-corrected chi connectivity index (χ4v) is 2.15. The lowest BCUT2D eigenvalue weighted by atomic mass is 10.3. The van der Waals surface area contributed by atoms with Crippen LogP contribution in [-0.4, -0.2) is 21.2 Å². The van der Waals surface area contributed by atoms with E-state index in [9.17, 15) is 4.79 Å². The first kappa shape index (κ1) is 14.4. The summed E-state index contributed by atoms with van der Waals surface area (Å²) < 4.78 is 15.5. The highest BCUT2D eigenvalue weighted by Gasteiger charge is 2.28. The van der Waals surface area contributed by atoms with Crippen molar-refractivity contribution in [1.29, 1.82) is 0 Å². The highest BCUT2D eigenvalue weighted by molar-refractivity contribution is 5.91. The number of hydrogen-bond donors (Lipinski definition) is 1. The number of hydrogen-bond acceptors (Lipinski definition) is 7. The first-order valence-electron chi connectivity index (χ1n) is 7.57. The molecule has 3 aromatic rings. The maximum Gasteiger partial charge on any atom is 0.246 e. The fraction of sp³-hybridized carbons (Fsp3) is 0.250. The average Bonchev–Trinajstić information content (AvgIpc) is 3.03. The van der Waals surface area contributed by atoms with Gasteiger partial charge in [-0.05, 0) is 31.1 Å².